The van der Waals surface area contributed by atoms with E-state index in [-0.39, 0.29) is 23.7 Å². The van der Waals surface area contributed by atoms with E-state index in [1.807, 2.05) is 37.3 Å². The van der Waals surface area contributed by atoms with E-state index < -0.39 is 11.8 Å². The molecule has 2 aliphatic heterocycles. The van der Waals surface area contributed by atoms with Gasteiger partial charge in [-0.2, -0.15) is 0 Å². The number of rotatable bonds is 2. The Kier molecular flexibility index (Phi) is 4.05. The molecule has 0 unspecified atom stereocenters. The first-order valence-corrected chi connectivity index (χ1v) is 8.52. The van der Waals surface area contributed by atoms with Crippen LogP contribution in [0.2, 0.25) is 0 Å². The van der Waals surface area contributed by atoms with Gasteiger partial charge in [0.05, 0.1) is 23.8 Å². The van der Waals surface area contributed by atoms with Crippen LogP contribution in [-0.4, -0.2) is 41.8 Å². The van der Waals surface area contributed by atoms with Crippen molar-refractivity contribution in [3.8, 4) is 0 Å². The lowest BCUT2D eigenvalue weighted by Crippen LogP contribution is -2.46. The average Bonchev–Trinajstić information content (AvgIpc) is 2.95. The van der Waals surface area contributed by atoms with Gasteiger partial charge in [-0.15, -0.1) is 0 Å². The zero-order valence-electron chi connectivity index (χ0n) is 14.3. The molecule has 0 aromatic heterocycles. The zero-order chi connectivity index (χ0) is 18.3. The molecule has 4 rings (SSSR count). The van der Waals surface area contributed by atoms with Gasteiger partial charge in [0.25, 0.3) is 17.7 Å². The van der Waals surface area contributed by atoms with Crippen LogP contribution < -0.4 is 5.32 Å². The molecule has 1 fully saturated rings. The summed E-state index contributed by atoms with van der Waals surface area (Å²) in [6.07, 6.45) is -0.291. The van der Waals surface area contributed by atoms with Gasteiger partial charge in [-0.1, -0.05) is 30.3 Å². The van der Waals surface area contributed by atoms with Crippen LogP contribution in [0.25, 0.3) is 0 Å². The van der Waals surface area contributed by atoms with Crippen LogP contribution in [0.3, 0.4) is 0 Å². The van der Waals surface area contributed by atoms with E-state index in [2.05, 4.69) is 5.32 Å². The maximum absolute atomic E-state index is 13.0. The monoisotopic (exact) mass is 350 g/mol. The second kappa shape index (κ2) is 6.38. The fourth-order valence-corrected chi connectivity index (χ4v) is 3.45. The summed E-state index contributed by atoms with van der Waals surface area (Å²) in [6.45, 7) is 2.85. The summed E-state index contributed by atoms with van der Waals surface area (Å²) in [5, 5.41) is 2.24. The summed E-state index contributed by atoms with van der Waals surface area (Å²) in [5.41, 5.74) is 1.98. The lowest BCUT2D eigenvalue weighted by atomic mass is 10.0. The molecule has 0 radical (unpaired) electrons. The van der Waals surface area contributed by atoms with Crippen molar-refractivity contribution in [3.05, 3.63) is 70.8 Å². The summed E-state index contributed by atoms with van der Waals surface area (Å²) in [7, 11) is 0. The van der Waals surface area contributed by atoms with Crippen LogP contribution in [0.1, 0.15) is 49.7 Å². The van der Waals surface area contributed by atoms with Gasteiger partial charge in [-0.3, -0.25) is 19.7 Å². The van der Waals surface area contributed by atoms with Crippen LogP contribution >= 0.6 is 0 Å². The fraction of sp³-hybridized carbons (Fsp3) is 0.250. The molecule has 26 heavy (non-hydrogen) atoms. The Morgan fingerprint density at radius 3 is 2.54 bits per heavy atom. The van der Waals surface area contributed by atoms with Crippen molar-refractivity contribution >= 4 is 17.7 Å². The van der Waals surface area contributed by atoms with Crippen LogP contribution in [0.4, 0.5) is 0 Å². The third-order valence-electron chi connectivity index (χ3n) is 4.70. The molecule has 0 aliphatic carbocycles. The first-order valence-electron chi connectivity index (χ1n) is 8.52. The molecule has 0 saturated carbocycles. The number of carbonyl (C=O) groups is 3. The molecule has 6 nitrogen and oxygen atoms in total. The van der Waals surface area contributed by atoms with Crippen molar-refractivity contribution in [2.75, 3.05) is 13.1 Å². The lowest BCUT2D eigenvalue weighted by molar-refractivity contribution is -0.0691. The Hall–Kier alpha value is -2.99. The number of hydrogen-bond acceptors (Lipinski definition) is 4. The minimum absolute atomic E-state index is 0.0998. The third-order valence-corrected chi connectivity index (χ3v) is 4.70. The van der Waals surface area contributed by atoms with Crippen molar-refractivity contribution < 1.29 is 19.1 Å². The summed E-state index contributed by atoms with van der Waals surface area (Å²) in [5.74, 6) is -1.05. The van der Waals surface area contributed by atoms with Gasteiger partial charge in [0.15, 0.2) is 0 Å². The molecular formula is C20H18N2O4. The quantitative estimate of drug-likeness (QED) is 0.843. The zero-order valence-corrected chi connectivity index (χ0v) is 14.3. The number of ether oxygens (including phenoxy) is 1. The summed E-state index contributed by atoms with van der Waals surface area (Å²) >= 11 is 0. The van der Waals surface area contributed by atoms with E-state index in [0.29, 0.717) is 24.2 Å². The van der Waals surface area contributed by atoms with E-state index >= 15 is 0 Å². The molecule has 6 heteroatoms. The first-order chi connectivity index (χ1) is 12.5. The molecular weight excluding hydrogens is 332 g/mol. The van der Waals surface area contributed by atoms with E-state index in [1.54, 1.807) is 11.0 Å². The van der Waals surface area contributed by atoms with E-state index in [9.17, 15) is 14.4 Å². The number of nitrogens with one attached hydrogen (secondary N) is 1. The van der Waals surface area contributed by atoms with Gasteiger partial charge in [0.2, 0.25) is 0 Å². The van der Waals surface area contributed by atoms with Gasteiger partial charge in [0, 0.05) is 12.1 Å². The van der Waals surface area contributed by atoms with Crippen molar-refractivity contribution in [1.29, 1.82) is 0 Å². The predicted molar refractivity (Wildman–Crippen MR) is 93.9 cm³/mol. The van der Waals surface area contributed by atoms with Crippen molar-refractivity contribution in [2.24, 2.45) is 0 Å². The fourth-order valence-electron chi connectivity index (χ4n) is 3.45. The second-order valence-corrected chi connectivity index (χ2v) is 6.60. The Labute approximate surface area is 150 Å². The highest BCUT2D eigenvalue weighted by Crippen LogP contribution is 2.27. The normalized spacial score (nSPS) is 22.1. The smallest absolute Gasteiger partial charge is 0.258 e. The number of amides is 3. The topological polar surface area (TPSA) is 75.7 Å². The minimum atomic E-state index is -0.461. The number of morpholine rings is 1. The predicted octanol–water partition coefficient (Wildman–Crippen LogP) is 2.17. The largest absolute Gasteiger partial charge is 0.367 e. The standard InChI is InChI=1S/C20H18N2O4/c1-12-10-22(11-17(26-12)13-5-3-2-4-6-13)20(25)14-7-8-15-16(9-14)19(24)21-18(15)23/h2-9,12,17H,10-11H2,1H3,(H,21,23,24)/t12-,17+/m1/s1. The Bertz CT molecular complexity index is 894. The lowest BCUT2D eigenvalue weighted by Gasteiger charge is -2.37. The van der Waals surface area contributed by atoms with E-state index in [4.69, 9.17) is 4.74 Å². The number of carbonyl (C=O) groups excluding carboxylic acids is 3. The molecule has 0 bridgehead atoms. The Morgan fingerprint density at radius 2 is 1.77 bits per heavy atom. The molecule has 3 amide bonds. The Morgan fingerprint density at radius 1 is 1.04 bits per heavy atom. The maximum atomic E-state index is 13.0. The first kappa shape index (κ1) is 16.5. The number of nitrogens with zero attached hydrogens (tertiary/aromatic N) is 1. The molecule has 0 spiro atoms. The van der Waals surface area contributed by atoms with Crippen LogP contribution in [0.15, 0.2) is 48.5 Å². The average molecular weight is 350 g/mol. The highest BCUT2D eigenvalue weighted by atomic mass is 16.5. The molecule has 2 aromatic carbocycles. The second-order valence-electron chi connectivity index (χ2n) is 6.60. The number of fused-ring (bicyclic) bond motifs is 1. The summed E-state index contributed by atoms with van der Waals surface area (Å²) in [4.78, 5) is 38.2. The van der Waals surface area contributed by atoms with E-state index in [1.165, 1.54) is 12.1 Å². The van der Waals surface area contributed by atoms with Crippen LogP contribution in [0, 0.1) is 0 Å². The molecule has 2 atom stereocenters. The minimum Gasteiger partial charge on any atom is -0.367 e. The molecule has 2 aliphatic rings. The highest BCUT2D eigenvalue weighted by Gasteiger charge is 2.32. The maximum Gasteiger partial charge on any atom is 0.258 e. The van der Waals surface area contributed by atoms with Gasteiger partial charge in [0.1, 0.15) is 6.10 Å². The molecule has 1 N–H and O–H groups in total. The number of hydrogen-bond donors (Lipinski definition) is 1. The van der Waals surface area contributed by atoms with Crippen molar-refractivity contribution in [1.82, 2.24) is 10.2 Å². The van der Waals surface area contributed by atoms with E-state index in [0.717, 1.165) is 5.56 Å². The summed E-state index contributed by atoms with van der Waals surface area (Å²) < 4.78 is 5.99. The van der Waals surface area contributed by atoms with Crippen molar-refractivity contribution in [3.63, 3.8) is 0 Å². The van der Waals surface area contributed by atoms with Crippen LogP contribution in [0.5, 0.6) is 0 Å². The number of imide groups is 1. The molecule has 1 saturated heterocycles. The highest BCUT2D eigenvalue weighted by molar-refractivity contribution is 6.22. The van der Waals surface area contributed by atoms with Gasteiger partial charge < -0.3 is 9.64 Å². The molecule has 132 valence electrons. The summed E-state index contributed by atoms with van der Waals surface area (Å²) in [6, 6.07) is 14.4. The van der Waals surface area contributed by atoms with Gasteiger partial charge in [-0.25, -0.2) is 0 Å². The van der Waals surface area contributed by atoms with Gasteiger partial charge >= 0.3 is 0 Å². The Balaban J connectivity index is 1.59. The van der Waals surface area contributed by atoms with Crippen LogP contribution in [-0.2, 0) is 4.74 Å². The molecule has 2 heterocycles. The van der Waals surface area contributed by atoms with Crippen molar-refractivity contribution in [2.45, 2.75) is 19.1 Å². The SMILES string of the molecule is C[C@@H]1CN(C(=O)c2ccc3c(c2)C(=O)NC3=O)C[C@@H](c2ccccc2)O1. The van der Waals surface area contributed by atoms with Gasteiger partial charge in [-0.05, 0) is 30.7 Å². The molecule has 2 aromatic rings. The number of benzene rings is 2. The third kappa shape index (κ3) is 2.88.